The number of para-hydroxylation sites is 1. The molecular weight excluding hydrogens is 421 g/mol. The first-order valence-electron chi connectivity index (χ1n) is 10.7. The molecule has 3 aromatic carbocycles. The van der Waals surface area contributed by atoms with Gasteiger partial charge in [-0.3, -0.25) is 14.2 Å². The molecule has 0 radical (unpaired) electrons. The molecule has 1 heterocycles. The third-order valence-corrected chi connectivity index (χ3v) is 5.68. The highest BCUT2D eigenvalue weighted by atomic mass is 19.1. The molecule has 0 spiro atoms. The Kier molecular flexibility index (Phi) is 6.22. The largest absolute Gasteiger partial charge is 0.497 e. The summed E-state index contributed by atoms with van der Waals surface area (Å²) in [4.78, 5) is 33.1. The van der Waals surface area contributed by atoms with Crippen LogP contribution in [0.5, 0.6) is 5.75 Å². The summed E-state index contributed by atoms with van der Waals surface area (Å²) in [7, 11) is 1.57. The van der Waals surface area contributed by atoms with E-state index >= 15 is 0 Å². The van der Waals surface area contributed by atoms with Gasteiger partial charge in [0.05, 0.1) is 35.3 Å². The fraction of sp³-hybridized carbons (Fsp3) is 0.192. The zero-order chi connectivity index (χ0) is 23.5. The number of carbonyl (C=O) groups is 1. The molecule has 33 heavy (non-hydrogen) atoms. The monoisotopic (exact) mass is 445 g/mol. The number of halogens is 1. The second-order valence-electron chi connectivity index (χ2n) is 7.57. The van der Waals surface area contributed by atoms with Crippen molar-refractivity contribution in [1.29, 1.82) is 0 Å². The van der Waals surface area contributed by atoms with Crippen molar-refractivity contribution >= 4 is 16.8 Å². The van der Waals surface area contributed by atoms with Gasteiger partial charge in [0, 0.05) is 6.54 Å². The maximum Gasteiger partial charge on any atom is 0.266 e. The molecule has 4 aromatic rings. The minimum absolute atomic E-state index is 0.0228. The molecule has 0 fully saturated rings. The fourth-order valence-electron chi connectivity index (χ4n) is 3.93. The molecule has 1 amide bonds. The molecule has 0 N–H and O–H groups in total. The lowest BCUT2D eigenvalue weighted by Gasteiger charge is -2.29. The van der Waals surface area contributed by atoms with Crippen molar-refractivity contribution in [2.45, 2.75) is 19.9 Å². The Labute approximate surface area is 190 Å². The maximum absolute atomic E-state index is 14.4. The minimum Gasteiger partial charge on any atom is -0.497 e. The number of fused-ring (bicyclic) bond motifs is 1. The lowest BCUT2D eigenvalue weighted by Crippen LogP contribution is -2.37. The van der Waals surface area contributed by atoms with Crippen LogP contribution in [0, 0.1) is 5.82 Å². The molecule has 0 aliphatic rings. The Balaban J connectivity index is 1.90. The number of rotatable bonds is 6. The van der Waals surface area contributed by atoms with Crippen LogP contribution in [0.3, 0.4) is 0 Å². The van der Waals surface area contributed by atoms with E-state index in [1.807, 2.05) is 13.0 Å². The third kappa shape index (κ3) is 4.09. The van der Waals surface area contributed by atoms with Crippen molar-refractivity contribution in [3.63, 3.8) is 0 Å². The molecule has 7 heteroatoms. The van der Waals surface area contributed by atoms with Crippen molar-refractivity contribution in [3.8, 4) is 11.4 Å². The van der Waals surface area contributed by atoms with Gasteiger partial charge in [-0.15, -0.1) is 0 Å². The van der Waals surface area contributed by atoms with Crippen LogP contribution in [-0.2, 0) is 0 Å². The van der Waals surface area contributed by atoms with Crippen molar-refractivity contribution in [1.82, 2.24) is 14.5 Å². The molecule has 0 saturated heterocycles. The van der Waals surface area contributed by atoms with Crippen molar-refractivity contribution in [2.24, 2.45) is 0 Å². The fourth-order valence-corrected chi connectivity index (χ4v) is 3.93. The molecule has 1 unspecified atom stereocenters. The Hall–Kier alpha value is -4.00. The Morgan fingerprint density at radius 2 is 1.73 bits per heavy atom. The Morgan fingerprint density at radius 1 is 1.06 bits per heavy atom. The van der Waals surface area contributed by atoms with Gasteiger partial charge in [-0.1, -0.05) is 24.3 Å². The van der Waals surface area contributed by atoms with Gasteiger partial charge in [-0.05, 0) is 62.4 Å². The number of nitrogens with zero attached hydrogens (tertiary/aromatic N) is 3. The molecule has 1 aromatic heterocycles. The Bertz CT molecular complexity index is 1370. The summed E-state index contributed by atoms with van der Waals surface area (Å²) in [5.41, 5.74) is 0.853. The smallest absolute Gasteiger partial charge is 0.266 e. The van der Waals surface area contributed by atoms with Crippen LogP contribution in [0.15, 0.2) is 77.6 Å². The van der Waals surface area contributed by atoms with Crippen molar-refractivity contribution in [3.05, 3.63) is 100 Å². The average molecular weight is 445 g/mol. The highest BCUT2D eigenvalue weighted by molar-refractivity contribution is 5.94. The van der Waals surface area contributed by atoms with E-state index in [1.165, 1.54) is 27.7 Å². The minimum atomic E-state index is -0.610. The van der Waals surface area contributed by atoms with Gasteiger partial charge in [0.1, 0.15) is 17.4 Å². The summed E-state index contributed by atoms with van der Waals surface area (Å²) < 4.78 is 21.1. The van der Waals surface area contributed by atoms with Crippen molar-refractivity contribution in [2.75, 3.05) is 13.7 Å². The van der Waals surface area contributed by atoms with E-state index in [9.17, 15) is 14.0 Å². The van der Waals surface area contributed by atoms with E-state index in [0.717, 1.165) is 0 Å². The topological polar surface area (TPSA) is 64.4 Å². The first-order valence-corrected chi connectivity index (χ1v) is 10.7. The van der Waals surface area contributed by atoms with Crippen LogP contribution < -0.4 is 10.3 Å². The van der Waals surface area contributed by atoms with E-state index < -0.39 is 17.8 Å². The zero-order valence-corrected chi connectivity index (χ0v) is 18.7. The number of hydrogen-bond acceptors (Lipinski definition) is 4. The summed E-state index contributed by atoms with van der Waals surface area (Å²) in [6.07, 6.45) is 0. The molecule has 0 bridgehead atoms. The molecule has 0 aliphatic heterocycles. The summed E-state index contributed by atoms with van der Waals surface area (Å²) in [5.74, 6) is -0.0191. The first-order chi connectivity index (χ1) is 16.0. The second kappa shape index (κ2) is 9.24. The molecule has 0 saturated carbocycles. The van der Waals surface area contributed by atoms with Gasteiger partial charge in [0.25, 0.3) is 11.5 Å². The number of amides is 1. The van der Waals surface area contributed by atoms with E-state index in [-0.39, 0.29) is 11.1 Å². The van der Waals surface area contributed by atoms with Crippen LogP contribution in [0.4, 0.5) is 4.39 Å². The lowest BCUT2D eigenvalue weighted by molar-refractivity contribution is 0.0688. The van der Waals surface area contributed by atoms with Gasteiger partial charge in [0.15, 0.2) is 0 Å². The van der Waals surface area contributed by atoms with E-state index in [2.05, 4.69) is 0 Å². The summed E-state index contributed by atoms with van der Waals surface area (Å²) in [6, 6.07) is 19.4. The summed E-state index contributed by atoms with van der Waals surface area (Å²) >= 11 is 0. The number of benzene rings is 3. The van der Waals surface area contributed by atoms with Gasteiger partial charge in [-0.2, -0.15) is 0 Å². The Morgan fingerprint density at radius 3 is 2.39 bits per heavy atom. The standard InChI is InChI=1S/C26H24FN3O3/c1-4-29(25(31)20-9-5-7-11-22(20)27)17(2)24-28-23-12-8-6-10-21(23)26(32)30(24)18-13-15-19(33-3)16-14-18/h5-17H,4H2,1-3H3. The van der Waals surface area contributed by atoms with Crippen molar-refractivity contribution < 1.29 is 13.9 Å². The van der Waals surface area contributed by atoms with Crippen LogP contribution >= 0.6 is 0 Å². The van der Waals surface area contributed by atoms with Gasteiger partial charge < -0.3 is 9.64 Å². The number of ether oxygens (including phenoxy) is 1. The summed E-state index contributed by atoms with van der Waals surface area (Å²) in [6.45, 7) is 3.91. The first kappa shape index (κ1) is 22.2. The van der Waals surface area contributed by atoms with Crippen LogP contribution in [-0.4, -0.2) is 34.0 Å². The van der Waals surface area contributed by atoms with Gasteiger partial charge in [0.2, 0.25) is 0 Å². The zero-order valence-electron chi connectivity index (χ0n) is 18.7. The molecule has 0 aliphatic carbocycles. The highest BCUT2D eigenvalue weighted by Gasteiger charge is 2.27. The van der Waals surface area contributed by atoms with Gasteiger partial charge >= 0.3 is 0 Å². The van der Waals surface area contributed by atoms with Crippen LogP contribution in [0.25, 0.3) is 16.6 Å². The maximum atomic E-state index is 14.4. The molecule has 1 atom stereocenters. The molecular formula is C26H24FN3O3. The predicted octanol–water partition coefficient (Wildman–Crippen LogP) is 4.76. The van der Waals surface area contributed by atoms with Crippen LogP contribution in [0.2, 0.25) is 0 Å². The average Bonchev–Trinajstić information content (AvgIpc) is 2.84. The number of methoxy groups -OCH3 is 1. The lowest BCUT2D eigenvalue weighted by atomic mass is 10.1. The molecule has 4 rings (SSSR count). The molecule has 168 valence electrons. The molecule has 6 nitrogen and oxygen atoms in total. The highest BCUT2D eigenvalue weighted by Crippen LogP contribution is 2.25. The predicted molar refractivity (Wildman–Crippen MR) is 125 cm³/mol. The number of aromatic nitrogens is 2. The number of hydrogen-bond donors (Lipinski definition) is 0. The van der Waals surface area contributed by atoms with E-state index in [1.54, 1.807) is 62.6 Å². The SMILES string of the molecule is CCN(C(=O)c1ccccc1F)C(C)c1nc2ccccc2c(=O)n1-c1ccc(OC)cc1. The van der Waals surface area contributed by atoms with E-state index in [0.29, 0.717) is 34.7 Å². The van der Waals surface area contributed by atoms with Crippen LogP contribution in [0.1, 0.15) is 36.1 Å². The van der Waals surface area contributed by atoms with Gasteiger partial charge in [-0.25, -0.2) is 9.37 Å². The number of carbonyl (C=O) groups excluding carboxylic acids is 1. The van der Waals surface area contributed by atoms with E-state index in [4.69, 9.17) is 9.72 Å². The second-order valence-corrected chi connectivity index (χ2v) is 7.57. The quantitative estimate of drug-likeness (QED) is 0.429. The normalized spacial score (nSPS) is 11.9. The summed E-state index contributed by atoms with van der Waals surface area (Å²) in [5, 5.41) is 0.466. The third-order valence-electron chi connectivity index (χ3n) is 5.68.